The molecule has 0 bridgehead atoms. The van der Waals surface area contributed by atoms with Crippen LogP contribution >= 0.6 is 24.0 Å². The van der Waals surface area contributed by atoms with Crippen molar-refractivity contribution in [3.05, 3.63) is 72.3 Å². The molecule has 0 amide bonds. The largest absolute Gasteiger partial charge is 0.357 e. The number of benzene rings is 1. The molecule has 0 fully saturated rings. The first-order chi connectivity index (χ1) is 12.7. The Bertz CT molecular complexity index is 853. The fourth-order valence-electron chi connectivity index (χ4n) is 2.83. The highest BCUT2D eigenvalue weighted by Crippen LogP contribution is 2.11. The molecule has 0 saturated carbocycles. The SMILES string of the molecule is CCNC(=NCc1cccc(-n2cccn2)c1)N(C)Cc1cccn1C.I. The van der Waals surface area contributed by atoms with Crippen molar-refractivity contribution in [2.45, 2.75) is 20.0 Å². The second kappa shape index (κ2) is 10.1. The van der Waals surface area contributed by atoms with E-state index in [2.05, 4.69) is 71.4 Å². The van der Waals surface area contributed by atoms with Crippen LogP contribution in [0.15, 0.2) is 66.0 Å². The lowest BCUT2D eigenvalue weighted by Crippen LogP contribution is -2.38. The third-order valence-electron chi connectivity index (χ3n) is 4.24. The summed E-state index contributed by atoms with van der Waals surface area (Å²) in [6.45, 7) is 4.35. The highest BCUT2D eigenvalue weighted by atomic mass is 127. The summed E-state index contributed by atoms with van der Waals surface area (Å²) in [5, 5.41) is 7.66. The second-order valence-electron chi connectivity index (χ2n) is 6.26. The quantitative estimate of drug-likeness (QED) is 0.336. The minimum atomic E-state index is 0. The molecular weight excluding hydrogens is 451 g/mol. The smallest absolute Gasteiger partial charge is 0.194 e. The lowest BCUT2D eigenvalue weighted by molar-refractivity contribution is 0.462. The maximum atomic E-state index is 4.81. The summed E-state index contributed by atoms with van der Waals surface area (Å²) in [7, 11) is 4.13. The van der Waals surface area contributed by atoms with Gasteiger partial charge in [-0.05, 0) is 42.8 Å². The average molecular weight is 478 g/mol. The summed E-state index contributed by atoms with van der Waals surface area (Å²) >= 11 is 0. The molecule has 0 aliphatic carbocycles. The Morgan fingerprint density at radius 1 is 1.19 bits per heavy atom. The van der Waals surface area contributed by atoms with E-state index in [9.17, 15) is 0 Å². The van der Waals surface area contributed by atoms with Gasteiger partial charge in [-0.1, -0.05) is 12.1 Å². The molecular formula is C20H27IN6. The summed E-state index contributed by atoms with van der Waals surface area (Å²) in [5.41, 5.74) is 3.45. The van der Waals surface area contributed by atoms with Gasteiger partial charge in [0.2, 0.25) is 0 Å². The van der Waals surface area contributed by atoms with E-state index < -0.39 is 0 Å². The monoisotopic (exact) mass is 478 g/mol. The fourth-order valence-corrected chi connectivity index (χ4v) is 2.83. The van der Waals surface area contributed by atoms with Gasteiger partial charge in [0.1, 0.15) is 0 Å². The third-order valence-corrected chi connectivity index (χ3v) is 4.24. The van der Waals surface area contributed by atoms with Crippen LogP contribution in [0.1, 0.15) is 18.2 Å². The van der Waals surface area contributed by atoms with Crippen LogP contribution in [0, 0.1) is 0 Å². The maximum Gasteiger partial charge on any atom is 0.194 e. The molecule has 0 saturated heterocycles. The third kappa shape index (κ3) is 5.59. The Balaban J connectivity index is 0.00000261. The van der Waals surface area contributed by atoms with Crippen molar-refractivity contribution < 1.29 is 0 Å². The van der Waals surface area contributed by atoms with Crippen LogP contribution in [-0.4, -0.2) is 38.8 Å². The molecule has 0 unspecified atom stereocenters. The van der Waals surface area contributed by atoms with Crippen LogP contribution in [0.25, 0.3) is 5.69 Å². The molecule has 7 heteroatoms. The van der Waals surface area contributed by atoms with Gasteiger partial charge >= 0.3 is 0 Å². The predicted molar refractivity (Wildman–Crippen MR) is 121 cm³/mol. The Hall–Kier alpha value is -2.29. The summed E-state index contributed by atoms with van der Waals surface area (Å²) in [4.78, 5) is 6.96. The van der Waals surface area contributed by atoms with E-state index in [0.717, 1.165) is 30.3 Å². The predicted octanol–water partition coefficient (Wildman–Crippen LogP) is 3.43. The number of aryl methyl sites for hydroxylation is 1. The minimum Gasteiger partial charge on any atom is -0.357 e. The first-order valence-corrected chi connectivity index (χ1v) is 8.86. The van der Waals surface area contributed by atoms with Gasteiger partial charge in [0.25, 0.3) is 0 Å². The van der Waals surface area contributed by atoms with E-state index in [1.165, 1.54) is 5.69 Å². The highest BCUT2D eigenvalue weighted by molar-refractivity contribution is 14.0. The number of aliphatic imine (C=N–C) groups is 1. The molecule has 0 aliphatic rings. The van der Waals surface area contributed by atoms with Gasteiger partial charge in [-0.3, -0.25) is 0 Å². The van der Waals surface area contributed by atoms with Crippen molar-refractivity contribution >= 4 is 29.9 Å². The molecule has 0 spiro atoms. The van der Waals surface area contributed by atoms with E-state index in [1.54, 1.807) is 6.20 Å². The second-order valence-corrected chi connectivity index (χ2v) is 6.26. The summed E-state index contributed by atoms with van der Waals surface area (Å²) in [5.74, 6) is 0.901. The van der Waals surface area contributed by atoms with Crippen molar-refractivity contribution in [3.8, 4) is 5.69 Å². The molecule has 3 rings (SSSR count). The molecule has 3 aromatic rings. The van der Waals surface area contributed by atoms with Crippen LogP contribution in [0.4, 0.5) is 0 Å². The zero-order chi connectivity index (χ0) is 18.4. The number of nitrogens with zero attached hydrogens (tertiary/aromatic N) is 5. The molecule has 0 radical (unpaired) electrons. The van der Waals surface area contributed by atoms with Gasteiger partial charge in [-0.2, -0.15) is 5.10 Å². The van der Waals surface area contributed by atoms with Gasteiger partial charge in [0.15, 0.2) is 5.96 Å². The standard InChI is InChI=1S/C20H26N6.HI/c1-4-21-20(25(3)16-19-10-6-12-24(19)2)22-15-17-8-5-9-18(14-17)26-13-7-11-23-26;/h5-14H,4,15-16H2,1-3H3,(H,21,22);1H. The maximum absolute atomic E-state index is 4.81. The van der Waals surface area contributed by atoms with E-state index in [4.69, 9.17) is 4.99 Å². The molecule has 144 valence electrons. The number of guanidine groups is 1. The zero-order valence-corrected chi connectivity index (χ0v) is 18.4. The number of halogens is 1. The van der Waals surface area contributed by atoms with Gasteiger partial charge in [-0.25, -0.2) is 9.67 Å². The van der Waals surface area contributed by atoms with Gasteiger partial charge < -0.3 is 14.8 Å². The Morgan fingerprint density at radius 3 is 2.70 bits per heavy atom. The van der Waals surface area contributed by atoms with Crippen LogP contribution in [0.3, 0.4) is 0 Å². The molecule has 0 aliphatic heterocycles. The van der Waals surface area contributed by atoms with Crippen LogP contribution in [0.5, 0.6) is 0 Å². The van der Waals surface area contributed by atoms with Crippen LogP contribution in [-0.2, 0) is 20.1 Å². The van der Waals surface area contributed by atoms with Gasteiger partial charge in [0.05, 0.1) is 18.8 Å². The van der Waals surface area contributed by atoms with Gasteiger partial charge in [-0.15, -0.1) is 24.0 Å². The average Bonchev–Trinajstić information content (AvgIpc) is 3.31. The van der Waals surface area contributed by atoms with Crippen molar-refractivity contribution in [3.63, 3.8) is 0 Å². The highest BCUT2D eigenvalue weighted by Gasteiger charge is 2.08. The lowest BCUT2D eigenvalue weighted by atomic mass is 10.2. The Labute approximate surface area is 177 Å². The van der Waals surface area contributed by atoms with E-state index >= 15 is 0 Å². The summed E-state index contributed by atoms with van der Waals surface area (Å²) < 4.78 is 3.99. The first kappa shape index (κ1) is 21.0. The van der Waals surface area contributed by atoms with Crippen molar-refractivity contribution in [2.75, 3.05) is 13.6 Å². The molecule has 1 aromatic carbocycles. The van der Waals surface area contributed by atoms with Gasteiger partial charge in [0, 0.05) is 44.9 Å². The normalized spacial score (nSPS) is 11.1. The van der Waals surface area contributed by atoms with Crippen molar-refractivity contribution in [1.82, 2.24) is 24.6 Å². The Kier molecular flexibility index (Phi) is 7.90. The topological polar surface area (TPSA) is 50.4 Å². The number of rotatable bonds is 6. The molecule has 1 N–H and O–H groups in total. The van der Waals surface area contributed by atoms with Crippen LogP contribution < -0.4 is 5.32 Å². The summed E-state index contributed by atoms with van der Waals surface area (Å²) in [6.07, 6.45) is 5.79. The van der Waals surface area contributed by atoms with E-state index in [1.807, 2.05) is 29.1 Å². The molecule has 6 nitrogen and oxygen atoms in total. The summed E-state index contributed by atoms with van der Waals surface area (Å²) in [6, 6.07) is 14.4. The lowest BCUT2D eigenvalue weighted by Gasteiger charge is -2.22. The first-order valence-electron chi connectivity index (χ1n) is 8.86. The van der Waals surface area contributed by atoms with E-state index in [0.29, 0.717) is 6.54 Å². The minimum absolute atomic E-state index is 0. The molecule has 2 aromatic heterocycles. The fraction of sp³-hybridized carbons (Fsp3) is 0.300. The van der Waals surface area contributed by atoms with Crippen molar-refractivity contribution in [1.29, 1.82) is 0 Å². The number of aromatic nitrogens is 3. The zero-order valence-electron chi connectivity index (χ0n) is 16.0. The van der Waals surface area contributed by atoms with Crippen LogP contribution in [0.2, 0.25) is 0 Å². The molecule has 0 atom stereocenters. The number of nitrogens with one attached hydrogen (secondary N) is 1. The molecule has 2 heterocycles. The van der Waals surface area contributed by atoms with Crippen molar-refractivity contribution in [2.24, 2.45) is 12.0 Å². The Morgan fingerprint density at radius 2 is 2.04 bits per heavy atom. The number of hydrogen-bond acceptors (Lipinski definition) is 2. The number of hydrogen-bond donors (Lipinski definition) is 1. The van der Waals surface area contributed by atoms with E-state index in [-0.39, 0.29) is 24.0 Å². The molecule has 27 heavy (non-hydrogen) atoms.